The van der Waals surface area contributed by atoms with Gasteiger partial charge in [-0.05, 0) is 18.2 Å². The third kappa shape index (κ3) is 1.63. The number of nitrogens with one attached hydrogen (secondary N) is 1. The number of anilines is 1. The van der Waals surface area contributed by atoms with Gasteiger partial charge in [0.25, 0.3) is 0 Å². The zero-order valence-electron chi connectivity index (χ0n) is 9.11. The number of aryl methyl sites for hydroxylation is 1. The lowest BCUT2D eigenvalue weighted by molar-refractivity contribution is -0.114. The topological polar surface area (TPSA) is 57.8 Å². The largest absolute Gasteiger partial charge is 0.349 e. The zero-order valence-corrected chi connectivity index (χ0v) is 9.11. The first kappa shape index (κ1) is 10.2. The van der Waals surface area contributed by atoms with Crippen LogP contribution in [0.15, 0.2) is 24.4 Å². The number of nitrogens with zero attached hydrogens (tertiary/aromatic N) is 2. The molecule has 1 N–H and O–H groups in total. The third-order valence-electron chi connectivity index (χ3n) is 2.41. The summed E-state index contributed by atoms with van der Waals surface area (Å²) in [6.45, 7) is 1.45. The molecule has 0 bridgehead atoms. The quantitative estimate of drug-likeness (QED) is 0.787. The van der Waals surface area contributed by atoms with Crippen LogP contribution in [0.4, 0.5) is 5.69 Å². The number of rotatable bonds is 1. The van der Waals surface area contributed by atoms with Crippen LogP contribution in [0.3, 0.4) is 0 Å². The van der Waals surface area contributed by atoms with Crippen LogP contribution < -0.4 is 5.32 Å². The average molecular weight is 213 g/mol. The van der Waals surface area contributed by atoms with Crippen LogP contribution in [0.1, 0.15) is 12.5 Å². The van der Waals surface area contributed by atoms with Crippen molar-refractivity contribution < 1.29 is 4.79 Å². The van der Waals surface area contributed by atoms with E-state index in [-0.39, 0.29) is 5.91 Å². The second-order valence-corrected chi connectivity index (χ2v) is 3.68. The van der Waals surface area contributed by atoms with E-state index in [1.807, 2.05) is 23.9 Å². The van der Waals surface area contributed by atoms with Crippen LogP contribution in [-0.2, 0) is 11.8 Å². The smallest absolute Gasteiger partial charge is 0.221 e. The fraction of sp³-hybridized carbons (Fsp3) is 0.167. The minimum Gasteiger partial charge on any atom is -0.349 e. The molecule has 0 aliphatic carbocycles. The van der Waals surface area contributed by atoms with Gasteiger partial charge >= 0.3 is 0 Å². The molecule has 4 heteroatoms. The highest BCUT2D eigenvalue weighted by atomic mass is 16.1. The predicted molar refractivity (Wildman–Crippen MR) is 61.9 cm³/mol. The van der Waals surface area contributed by atoms with E-state index in [9.17, 15) is 4.79 Å². The van der Waals surface area contributed by atoms with Crippen molar-refractivity contribution in [3.05, 3.63) is 30.0 Å². The van der Waals surface area contributed by atoms with Crippen LogP contribution in [0.2, 0.25) is 0 Å². The van der Waals surface area contributed by atoms with Gasteiger partial charge in [-0.2, -0.15) is 5.26 Å². The summed E-state index contributed by atoms with van der Waals surface area (Å²) in [6, 6.07) is 7.49. The van der Waals surface area contributed by atoms with Gasteiger partial charge in [-0.25, -0.2) is 0 Å². The Morgan fingerprint density at radius 3 is 2.88 bits per heavy atom. The first-order chi connectivity index (χ1) is 7.61. The second-order valence-electron chi connectivity index (χ2n) is 3.68. The van der Waals surface area contributed by atoms with Crippen molar-refractivity contribution in [1.29, 1.82) is 5.26 Å². The Morgan fingerprint density at radius 1 is 1.50 bits per heavy atom. The lowest BCUT2D eigenvalue weighted by Gasteiger charge is -2.07. The van der Waals surface area contributed by atoms with Crippen molar-refractivity contribution >= 4 is 22.5 Å². The molecule has 0 spiro atoms. The minimum absolute atomic E-state index is 0.141. The molecule has 2 aromatic rings. The Kier molecular flexibility index (Phi) is 2.37. The van der Waals surface area contributed by atoms with E-state index in [2.05, 4.69) is 11.4 Å². The summed E-state index contributed by atoms with van der Waals surface area (Å²) in [4.78, 5) is 11.1. The van der Waals surface area contributed by atoms with Crippen LogP contribution in [0.25, 0.3) is 10.9 Å². The summed E-state index contributed by atoms with van der Waals surface area (Å²) in [7, 11) is 1.90. The lowest BCUT2D eigenvalue weighted by atomic mass is 10.1. The number of carbonyl (C=O) groups excluding carboxylic acids is 1. The zero-order chi connectivity index (χ0) is 11.7. The Bertz CT molecular complexity index is 604. The molecule has 80 valence electrons. The summed E-state index contributed by atoms with van der Waals surface area (Å²) in [6.07, 6.45) is 1.90. The second kappa shape index (κ2) is 3.70. The summed E-state index contributed by atoms with van der Waals surface area (Å²) >= 11 is 0. The Balaban J connectivity index is 2.72. The van der Waals surface area contributed by atoms with E-state index in [1.165, 1.54) is 6.92 Å². The summed E-state index contributed by atoms with van der Waals surface area (Å²) in [5.74, 6) is -0.141. The first-order valence-corrected chi connectivity index (χ1v) is 4.88. The number of benzene rings is 1. The molecule has 1 aromatic heterocycles. The van der Waals surface area contributed by atoms with Gasteiger partial charge < -0.3 is 9.88 Å². The van der Waals surface area contributed by atoms with Crippen molar-refractivity contribution in [2.45, 2.75) is 6.92 Å². The fourth-order valence-electron chi connectivity index (χ4n) is 1.79. The van der Waals surface area contributed by atoms with Gasteiger partial charge in [-0.1, -0.05) is 0 Å². The molecule has 0 saturated heterocycles. The maximum absolute atomic E-state index is 11.1. The van der Waals surface area contributed by atoms with E-state index in [0.29, 0.717) is 11.3 Å². The Morgan fingerprint density at radius 2 is 2.25 bits per heavy atom. The fourth-order valence-corrected chi connectivity index (χ4v) is 1.79. The maximum Gasteiger partial charge on any atom is 0.221 e. The molecule has 4 nitrogen and oxygen atoms in total. The Labute approximate surface area is 93.1 Å². The molecule has 0 saturated carbocycles. The number of hydrogen-bond acceptors (Lipinski definition) is 2. The Hall–Kier alpha value is -2.28. The average Bonchev–Trinajstić information content (AvgIpc) is 2.59. The van der Waals surface area contributed by atoms with E-state index >= 15 is 0 Å². The van der Waals surface area contributed by atoms with Crippen LogP contribution in [0, 0.1) is 11.3 Å². The molecule has 2 rings (SSSR count). The molecule has 0 fully saturated rings. The van der Waals surface area contributed by atoms with Crippen molar-refractivity contribution in [2.24, 2.45) is 7.05 Å². The minimum atomic E-state index is -0.141. The molecule has 0 atom stereocenters. The predicted octanol–water partition coefficient (Wildman–Crippen LogP) is 2.01. The molecule has 1 aromatic carbocycles. The summed E-state index contributed by atoms with van der Waals surface area (Å²) < 4.78 is 1.92. The monoisotopic (exact) mass is 213 g/mol. The van der Waals surface area contributed by atoms with Gasteiger partial charge in [-0.3, -0.25) is 4.79 Å². The van der Waals surface area contributed by atoms with Crippen molar-refractivity contribution in [2.75, 3.05) is 5.32 Å². The van der Waals surface area contributed by atoms with Crippen molar-refractivity contribution in [1.82, 2.24) is 4.57 Å². The molecular formula is C12H11N3O. The van der Waals surface area contributed by atoms with E-state index in [0.717, 1.165) is 10.9 Å². The molecule has 1 amide bonds. The van der Waals surface area contributed by atoms with Gasteiger partial charge in [0.15, 0.2) is 0 Å². The van der Waals surface area contributed by atoms with Gasteiger partial charge in [0.05, 0.1) is 22.8 Å². The van der Waals surface area contributed by atoms with Gasteiger partial charge in [0.1, 0.15) is 0 Å². The maximum atomic E-state index is 11.1. The van der Waals surface area contributed by atoms with Gasteiger partial charge in [0, 0.05) is 25.6 Å². The number of carbonyl (C=O) groups is 1. The summed E-state index contributed by atoms with van der Waals surface area (Å²) in [5.41, 5.74) is 2.14. The molecular weight excluding hydrogens is 202 g/mol. The van der Waals surface area contributed by atoms with Crippen LogP contribution in [0.5, 0.6) is 0 Å². The SMILES string of the molecule is CC(=O)Nc1cc(C#N)cc2ccn(C)c12. The number of hydrogen-bond donors (Lipinski definition) is 1. The normalized spacial score (nSPS) is 10.1. The first-order valence-electron chi connectivity index (χ1n) is 4.88. The summed E-state index contributed by atoms with van der Waals surface area (Å²) in [5, 5.41) is 12.6. The standard InChI is InChI=1S/C12H11N3O/c1-8(16)14-11-6-9(7-13)5-10-3-4-15(2)12(10)11/h3-6H,1-2H3,(H,14,16). The van der Waals surface area contributed by atoms with Crippen molar-refractivity contribution in [3.8, 4) is 6.07 Å². The van der Waals surface area contributed by atoms with Crippen LogP contribution >= 0.6 is 0 Å². The molecule has 0 aliphatic rings. The number of aromatic nitrogens is 1. The number of nitriles is 1. The number of fused-ring (bicyclic) bond motifs is 1. The third-order valence-corrected chi connectivity index (χ3v) is 2.41. The molecule has 0 unspecified atom stereocenters. The molecule has 1 heterocycles. The highest BCUT2D eigenvalue weighted by Gasteiger charge is 2.08. The van der Waals surface area contributed by atoms with E-state index in [1.54, 1.807) is 12.1 Å². The highest BCUT2D eigenvalue weighted by Crippen LogP contribution is 2.25. The molecule has 0 aliphatic heterocycles. The van der Waals surface area contributed by atoms with Crippen molar-refractivity contribution in [3.63, 3.8) is 0 Å². The molecule has 0 radical (unpaired) electrons. The van der Waals surface area contributed by atoms with E-state index < -0.39 is 0 Å². The number of amides is 1. The van der Waals surface area contributed by atoms with Gasteiger partial charge in [0.2, 0.25) is 5.91 Å². The van der Waals surface area contributed by atoms with E-state index in [4.69, 9.17) is 5.26 Å². The molecule has 16 heavy (non-hydrogen) atoms. The van der Waals surface area contributed by atoms with Gasteiger partial charge in [-0.15, -0.1) is 0 Å². The van der Waals surface area contributed by atoms with Crippen LogP contribution in [-0.4, -0.2) is 10.5 Å². The highest BCUT2D eigenvalue weighted by molar-refractivity contribution is 6.00. The lowest BCUT2D eigenvalue weighted by Crippen LogP contribution is -2.07.